The minimum atomic E-state index is 0.230. The lowest BCUT2D eigenvalue weighted by molar-refractivity contribution is 0.204. The van der Waals surface area contributed by atoms with Crippen molar-refractivity contribution in [2.75, 3.05) is 13.7 Å². The highest BCUT2D eigenvalue weighted by atomic mass is 79.9. The second-order valence-electron chi connectivity index (χ2n) is 4.84. The first-order chi connectivity index (χ1) is 8.06. The van der Waals surface area contributed by atoms with Crippen LogP contribution in [0.5, 0.6) is 5.75 Å². The summed E-state index contributed by atoms with van der Waals surface area (Å²) in [7, 11) is 1.68. The lowest BCUT2D eigenvalue weighted by atomic mass is 9.91. The Hall–Kier alpha value is -0.540. The first kappa shape index (κ1) is 14.5. The summed E-state index contributed by atoms with van der Waals surface area (Å²) in [6.45, 7) is 4.59. The van der Waals surface area contributed by atoms with Crippen LogP contribution in [0.4, 0.5) is 0 Å². The summed E-state index contributed by atoms with van der Waals surface area (Å²) in [4.78, 5) is 0. The zero-order valence-corrected chi connectivity index (χ0v) is 12.3. The molecule has 0 radical (unpaired) electrons. The van der Waals surface area contributed by atoms with Gasteiger partial charge in [0.05, 0.1) is 7.11 Å². The predicted molar refractivity (Wildman–Crippen MR) is 74.4 cm³/mol. The fraction of sp³-hybridized carbons (Fsp3) is 0.571. The van der Waals surface area contributed by atoms with Crippen LogP contribution in [0.15, 0.2) is 22.7 Å². The highest BCUT2D eigenvalue weighted by Gasteiger charge is 2.13. The molecule has 0 saturated carbocycles. The van der Waals surface area contributed by atoms with Gasteiger partial charge in [-0.3, -0.25) is 0 Å². The molecule has 0 amide bonds. The van der Waals surface area contributed by atoms with Gasteiger partial charge in [-0.25, -0.2) is 0 Å². The van der Waals surface area contributed by atoms with Crippen molar-refractivity contribution in [2.24, 2.45) is 11.8 Å². The van der Waals surface area contributed by atoms with E-state index < -0.39 is 0 Å². The molecule has 0 aliphatic carbocycles. The van der Waals surface area contributed by atoms with E-state index in [1.165, 1.54) is 0 Å². The van der Waals surface area contributed by atoms with Crippen molar-refractivity contribution in [3.8, 4) is 5.75 Å². The highest BCUT2D eigenvalue weighted by Crippen LogP contribution is 2.27. The molecular formula is C14H21BrO2. The van der Waals surface area contributed by atoms with Gasteiger partial charge in [-0.05, 0) is 48.4 Å². The highest BCUT2D eigenvalue weighted by molar-refractivity contribution is 9.10. The van der Waals surface area contributed by atoms with Gasteiger partial charge in [0, 0.05) is 11.1 Å². The molecule has 0 aliphatic heterocycles. The van der Waals surface area contributed by atoms with Crippen LogP contribution in [0.1, 0.15) is 25.8 Å². The molecule has 0 heterocycles. The average Bonchev–Trinajstić information content (AvgIpc) is 2.28. The third kappa shape index (κ3) is 4.68. The van der Waals surface area contributed by atoms with E-state index in [-0.39, 0.29) is 6.61 Å². The van der Waals surface area contributed by atoms with Gasteiger partial charge in [-0.2, -0.15) is 0 Å². The van der Waals surface area contributed by atoms with Crippen molar-refractivity contribution in [2.45, 2.75) is 26.7 Å². The Labute approximate surface area is 112 Å². The Balaban J connectivity index is 2.80. The largest absolute Gasteiger partial charge is 0.496 e. The molecule has 0 aromatic heterocycles. The van der Waals surface area contributed by atoms with E-state index in [1.54, 1.807) is 7.11 Å². The Morgan fingerprint density at radius 1 is 1.35 bits per heavy atom. The first-order valence-corrected chi connectivity index (χ1v) is 6.79. The number of halogens is 1. The molecule has 96 valence electrons. The maximum atomic E-state index is 9.42. The number of methoxy groups -OCH3 is 1. The standard InChI is InChI=1S/C14H21BrO2/c1-10(2)6-11(9-16)7-12-8-13(15)4-5-14(12)17-3/h4-5,8,10-11,16H,6-7,9H2,1-3H3. The molecule has 1 N–H and O–H groups in total. The van der Waals surface area contributed by atoms with Crippen LogP contribution in [0, 0.1) is 11.8 Å². The van der Waals surface area contributed by atoms with Gasteiger partial charge in [0.2, 0.25) is 0 Å². The number of aliphatic hydroxyl groups excluding tert-OH is 1. The fourth-order valence-corrected chi connectivity index (χ4v) is 2.52. The van der Waals surface area contributed by atoms with Gasteiger partial charge in [0.15, 0.2) is 0 Å². The Morgan fingerprint density at radius 3 is 2.59 bits per heavy atom. The number of hydrogen-bond donors (Lipinski definition) is 1. The summed E-state index contributed by atoms with van der Waals surface area (Å²) >= 11 is 3.47. The molecular weight excluding hydrogens is 280 g/mol. The maximum absolute atomic E-state index is 9.42. The number of benzene rings is 1. The Kier molecular flexibility index (Phi) is 6.00. The minimum Gasteiger partial charge on any atom is -0.496 e. The van der Waals surface area contributed by atoms with Crippen LogP contribution >= 0.6 is 15.9 Å². The van der Waals surface area contributed by atoms with Crippen LogP contribution in [0.25, 0.3) is 0 Å². The number of ether oxygens (including phenoxy) is 1. The molecule has 0 fully saturated rings. The molecule has 0 bridgehead atoms. The molecule has 1 unspecified atom stereocenters. The molecule has 1 aromatic rings. The number of hydrogen-bond acceptors (Lipinski definition) is 2. The molecule has 17 heavy (non-hydrogen) atoms. The normalized spacial score (nSPS) is 12.8. The lowest BCUT2D eigenvalue weighted by Crippen LogP contribution is -2.13. The summed E-state index contributed by atoms with van der Waals surface area (Å²) in [5.41, 5.74) is 1.15. The van der Waals surface area contributed by atoms with E-state index >= 15 is 0 Å². The third-order valence-electron chi connectivity index (χ3n) is 2.81. The molecule has 0 saturated heterocycles. The van der Waals surface area contributed by atoms with E-state index in [9.17, 15) is 5.11 Å². The van der Waals surface area contributed by atoms with E-state index in [0.29, 0.717) is 11.8 Å². The van der Waals surface area contributed by atoms with Crippen molar-refractivity contribution in [1.29, 1.82) is 0 Å². The second-order valence-corrected chi connectivity index (χ2v) is 5.75. The van der Waals surface area contributed by atoms with Crippen LogP contribution in [0.3, 0.4) is 0 Å². The third-order valence-corrected chi connectivity index (χ3v) is 3.31. The van der Waals surface area contributed by atoms with E-state index in [1.807, 2.05) is 12.1 Å². The molecule has 2 nitrogen and oxygen atoms in total. The monoisotopic (exact) mass is 300 g/mol. The quantitative estimate of drug-likeness (QED) is 0.869. The van der Waals surface area contributed by atoms with E-state index in [0.717, 1.165) is 28.6 Å². The Bertz CT molecular complexity index is 350. The van der Waals surface area contributed by atoms with Crippen LogP contribution < -0.4 is 4.74 Å². The van der Waals surface area contributed by atoms with Gasteiger partial charge in [0.25, 0.3) is 0 Å². The predicted octanol–water partition coefficient (Wildman–Crippen LogP) is 3.65. The van der Waals surface area contributed by atoms with E-state index in [4.69, 9.17) is 4.74 Å². The van der Waals surface area contributed by atoms with Crippen LogP contribution in [-0.2, 0) is 6.42 Å². The number of aliphatic hydroxyl groups is 1. The van der Waals surface area contributed by atoms with Gasteiger partial charge in [-0.15, -0.1) is 0 Å². The fourth-order valence-electron chi connectivity index (χ4n) is 2.11. The zero-order chi connectivity index (χ0) is 12.8. The van der Waals surface area contributed by atoms with Crippen molar-refractivity contribution in [3.63, 3.8) is 0 Å². The van der Waals surface area contributed by atoms with E-state index in [2.05, 4.69) is 35.8 Å². The van der Waals surface area contributed by atoms with Gasteiger partial charge >= 0.3 is 0 Å². The summed E-state index contributed by atoms with van der Waals surface area (Å²) < 4.78 is 6.40. The van der Waals surface area contributed by atoms with Crippen molar-refractivity contribution in [1.82, 2.24) is 0 Å². The van der Waals surface area contributed by atoms with Crippen molar-refractivity contribution >= 4 is 15.9 Å². The summed E-state index contributed by atoms with van der Waals surface area (Å²) in [5, 5.41) is 9.42. The smallest absolute Gasteiger partial charge is 0.122 e. The number of rotatable bonds is 6. The molecule has 1 aromatic carbocycles. The van der Waals surface area contributed by atoms with Gasteiger partial charge in [-0.1, -0.05) is 29.8 Å². The SMILES string of the molecule is COc1ccc(Br)cc1CC(CO)CC(C)C. The topological polar surface area (TPSA) is 29.5 Å². The van der Waals surface area contributed by atoms with Crippen molar-refractivity contribution in [3.05, 3.63) is 28.2 Å². The average molecular weight is 301 g/mol. The Morgan fingerprint density at radius 2 is 2.06 bits per heavy atom. The second kappa shape index (κ2) is 7.02. The zero-order valence-electron chi connectivity index (χ0n) is 10.7. The first-order valence-electron chi connectivity index (χ1n) is 6.00. The minimum absolute atomic E-state index is 0.230. The lowest BCUT2D eigenvalue weighted by Gasteiger charge is -2.18. The molecule has 1 atom stereocenters. The maximum Gasteiger partial charge on any atom is 0.122 e. The van der Waals surface area contributed by atoms with Gasteiger partial charge in [0.1, 0.15) is 5.75 Å². The molecule has 0 spiro atoms. The van der Waals surface area contributed by atoms with Crippen molar-refractivity contribution < 1.29 is 9.84 Å². The van der Waals surface area contributed by atoms with Crippen LogP contribution in [0.2, 0.25) is 0 Å². The summed E-state index contributed by atoms with van der Waals surface area (Å²) in [6.07, 6.45) is 1.89. The van der Waals surface area contributed by atoms with Gasteiger partial charge < -0.3 is 9.84 Å². The molecule has 1 rings (SSSR count). The molecule has 0 aliphatic rings. The van der Waals surface area contributed by atoms with Crippen LogP contribution in [-0.4, -0.2) is 18.8 Å². The summed E-state index contributed by atoms with van der Waals surface area (Å²) in [6, 6.07) is 6.00. The summed E-state index contributed by atoms with van der Waals surface area (Å²) in [5.74, 6) is 1.80. The molecule has 3 heteroatoms.